The van der Waals surface area contributed by atoms with Gasteiger partial charge in [0.25, 0.3) is 0 Å². The van der Waals surface area contributed by atoms with Crippen LogP contribution in [0.15, 0.2) is 24.3 Å². The first-order chi connectivity index (χ1) is 9.88. The van der Waals surface area contributed by atoms with Crippen molar-refractivity contribution in [1.82, 2.24) is 0 Å². The van der Waals surface area contributed by atoms with Gasteiger partial charge in [0.1, 0.15) is 5.75 Å². The molecular weight excluding hydrogens is 297 g/mol. The van der Waals surface area contributed by atoms with Gasteiger partial charge in [0, 0.05) is 5.41 Å². The van der Waals surface area contributed by atoms with Crippen LogP contribution in [0.3, 0.4) is 0 Å². The number of benzene rings is 1. The molecule has 0 aromatic heterocycles. The van der Waals surface area contributed by atoms with Crippen molar-refractivity contribution in [3.05, 3.63) is 29.8 Å². The molecule has 0 bridgehead atoms. The quantitative estimate of drug-likeness (QED) is 0.613. The smallest absolute Gasteiger partial charge is 0.419 e. The second kappa shape index (κ2) is 7.97. The molecule has 0 saturated heterocycles. The fourth-order valence-corrected chi connectivity index (χ4v) is 3.00. The number of ether oxygens (including phenoxy) is 1. The van der Waals surface area contributed by atoms with E-state index in [1.807, 2.05) is 0 Å². The first-order valence-corrected chi connectivity index (χ1v) is 7.91. The molecule has 5 heteroatoms. The molecule has 0 radical (unpaired) electrons. The topological polar surface area (TPSA) is 9.23 Å². The second-order valence-electron chi connectivity index (χ2n) is 5.44. The Morgan fingerprint density at radius 3 is 2.10 bits per heavy atom. The van der Waals surface area contributed by atoms with Crippen molar-refractivity contribution >= 4 is 12.6 Å². The zero-order valence-corrected chi connectivity index (χ0v) is 13.4. The zero-order valence-electron chi connectivity index (χ0n) is 12.5. The van der Waals surface area contributed by atoms with Gasteiger partial charge in [0.15, 0.2) is 0 Å². The number of thiol groups is 1. The maximum absolute atomic E-state index is 13.0. The highest BCUT2D eigenvalue weighted by Gasteiger charge is 2.35. The number of alkyl halides is 3. The van der Waals surface area contributed by atoms with Crippen LogP contribution < -0.4 is 4.74 Å². The molecule has 21 heavy (non-hydrogen) atoms. The van der Waals surface area contributed by atoms with E-state index in [1.165, 1.54) is 12.1 Å². The van der Waals surface area contributed by atoms with Gasteiger partial charge in [0.2, 0.25) is 0 Å². The predicted octanol–water partition coefficient (Wildman–Crippen LogP) is 5.60. The first kappa shape index (κ1) is 18.2. The highest BCUT2D eigenvalue weighted by molar-refractivity contribution is 7.80. The zero-order chi connectivity index (χ0) is 15.9. The van der Waals surface area contributed by atoms with E-state index in [9.17, 15) is 13.2 Å². The van der Waals surface area contributed by atoms with Crippen molar-refractivity contribution in [2.24, 2.45) is 5.41 Å². The maximum Gasteiger partial charge on any atom is 0.419 e. The van der Waals surface area contributed by atoms with Crippen molar-refractivity contribution in [2.75, 3.05) is 12.4 Å². The Kier molecular flexibility index (Phi) is 6.91. The highest BCUT2D eigenvalue weighted by atomic mass is 32.1. The molecule has 120 valence electrons. The highest BCUT2D eigenvalue weighted by Crippen LogP contribution is 2.38. The molecule has 0 atom stereocenters. The normalized spacial score (nSPS) is 12.5. The van der Waals surface area contributed by atoms with Crippen molar-refractivity contribution in [1.29, 1.82) is 0 Å². The lowest BCUT2D eigenvalue weighted by Gasteiger charge is -2.32. The standard InChI is InChI=1S/C16H23F3OS/c1-3-9-15(12-21,10-4-2)11-20-14-8-6-5-7-13(14)16(17,18)19/h5-8,21H,3-4,9-12H2,1-2H3. The second-order valence-corrected chi connectivity index (χ2v) is 5.76. The van der Waals surface area contributed by atoms with E-state index >= 15 is 0 Å². The minimum atomic E-state index is -4.39. The van der Waals surface area contributed by atoms with Gasteiger partial charge in [-0.1, -0.05) is 38.8 Å². The molecule has 0 fully saturated rings. The van der Waals surface area contributed by atoms with Crippen molar-refractivity contribution in [2.45, 2.75) is 45.7 Å². The lowest BCUT2D eigenvalue weighted by atomic mass is 9.82. The average Bonchev–Trinajstić information content (AvgIpc) is 2.44. The molecule has 0 aliphatic carbocycles. The molecule has 0 unspecified atom stereocenters. The monoisotopic (exact) mass is 320 g/mol. The van der Waals surface area contributed by atoms with Crippen LogP contribution in [0.25, 0.3) is 0 Å². The van der Waals surface area contributed by atoms with Crippen LogP contribution in [0.5, 0.6) is 5.75 Å². The summed E-state index contributed by atoms with van der Waals surface area (Å²) < 4.78 is 44.4. The molecule has 0 aliphatic rings. The van der Waals surface area contributed by atoms with Crippen molar-refractivity contribution in [3.63, 3.8) is 0 Å². The van der Waals surface area contributed by atoms with Crippen molar-refractivity contribution < 1.29 is 17.9 Å². The van der Waals surface area contributed by atoms with Crippen LogP contribution in [0, 0.1) is 5.41 Å². The Labute approximate surface area is 130 Å². The Hall–Kier alpha value is -0.840. The van der Waals surface area contributed by atoms with Gasteiger partial charge in [-0.25, -0.2) is 0 Å². The van der Waals surface area contributed by atoms with E-state index in [-0.39, 0.29) is 17.8 Å². The minimum Gasteiger partial charge on any atom is -0.492 e. The third kappa shape index (κ3) is 5.13. The third-order valence-electron chi connectivity index (χ3n) is 3.62. The molecule has 0 spiro atoms. The van der Waals surface area contributed by atoms with Crippen LogP contribution in [-0.2, 0) is 6.18 Å². The van der Waals surface area contributed by atoms with Gasteiger partial charge in [-0.2, -0.15) is 25.8 Å². The summed E-state index contributed by atoms with van der Waals surface area (Å²) in [6.07, 6.45) is -0.664. The first-order valence-electron chi connectivity index (χ1n) is 7.28. The van der Waals surface area contributed by atoms with E-state index in [4.69, 9.17) is 4.74 Å². The number of halogens is 3. The lowest BCUT2D eigenvalue weighted by Crippen LogP contribution is -2.31. The maximum atomic E-state index is 13.0. The van der Waals surface area contributed by atoms with E-state index in [0.29, 0.717) is 5.75 Å². The van der Waals surface area contributed by atoms with Crippen LogP contribution in [-0.4, -0.2) is 12.4 Å². The number of hydrogen-bond acceptors (Lipinski definition) is 2. The predicted molar refractivity (Wildman–Crippen MR) is 83.0 cm³/mol. The van der Waals surface area contributed by atoms with Gasteiger partial charge in [0.05, 0.1) is 12.2 Å². The molecular formula is C16H23F3OS. The number of hydrogen-bond donors (Lipinski definition) is 1. The van der Waals surface area contributed by atoms with Gasteiger partial charge in [-0.15, -0.1) is 0 Å². The van der Waals surface area contributed by atoms with E-state index < -0.39 is 11.7 Å². The summed E-state index contributed by atoms with van der Waals surface area (Å²) in [5.74, 6) is 0.520. The number of rotatable bonds is 8. The molecule has 0 N–H and O–H groups in total. The van der Waals surface area contributed by atoms with E-state index in [0.717, 1.165) is 31.7 Å². The fourth-order valence-electron chi connectivity index (χ4n) is 2.59. The molecule has 1 rings (SSSR count). The van der Waals surface area contributed by atoms with Gasteiger partial charge < -0.3 is 4.74 Å². The van der Waals surface area contributed by atoms with Gasteiger partial charge >= 0.3 is 6.18 Å². The van der Waals surface area contributed by atoms with Crippen molar-refractivity contribution in [3.8, 4) is 5.75 Å². The number of para-hydroxylation sites is 1. The Morgan fingerprint density at radius 1 is 1.05 bits per heavy atom. The van der Waals surface area contributed by atoms with Crippen LogP contribution in [0.2, 0.25) is 0 Å². The third-order valence-corrected chi connectivity index (χ3v) is 4.29. The minimum absolute atomic E-state index is 0.0941. The molecule has 0 heterocycles. The Bertz CT molecular complexity index is 426. The SMILES string of the molecule is CCCC(CS)(CCC)COc1ccccc1C(F)(F)F. The molecule has 0 amide bonds. The Balaban J connectivity index is 2.90. The summed E-state index contributed by atoms with van der Waals surface area (Å²) in [6.45, 7) is 4.40. The lowest BCUT2D eigenvalue weighted by molar-refractivity contribution is -0.139. The average molecular weight is 320 g/mol. The Morgan fingerprint density at radius 2 is 1.62 bits per heavy atom. The fraction of sp³-hybridized carbons (Fsp3) is 0.625. The molecule has 1 aromatic rings. The summed E-state index contributed by atoms with van der Waals surface area (Å²) >= 11 is 4.40. The summed E-state index contributed by atoms with van der Waals surface area (Å²) in [7, 11) is 0. The molecule has 1 aromatic carbocycles. The van der Waals surface area contributed by atoms with Crippen LogP contribution in [0.4, 0.5) is 13.2 Å². The van der Waals surface area contributed by atoms with E-state index in [1.54, 1.807) is 6.07 Å². The summed E-state index contributed by atoms with van der Waals surface area (Å²) in [6, 6.07) is 5.37. The summed E-state index contributed by atoms with van der Waals surface area (Å²) in [5, 5.41) is 0. The molecule has 0 aliphatic heterocycles. The van der Waals surface area contributed by atoms with E-state index in [2.05, 4.69) is 26.5 Å². The van der Waals surface area contributed by atoms with Gasteiger partial charge in [-0.05, 0) is 30.7 Å². The summed E-state index contributed by atoms with van der Waals surface area (Å²) in [4.78, 5) is 0. The molecule has 1 nitrogen and oxygen atoms in total. The van der Waals surface area contributed by atoms with Crippen LogP contribution in [0.1, 0.15) is 45.1 Å². The van der Waals surface area contributed by atoms with Crippen LogP contribution >= 0.6 is 12.6 Å². The van der Waals surface area contributed by atoms with Gasteiger partial charge in [-0.3, -0.25) is 0 Å². The molecule has 0 saturated carbocycles. The largest absolute Gasteiger partial charge is 0.492 e. The summed E-state index contributed by atoms with van der Waals surface area (Å²) in [5.41, 5.74) is -0.878.